The molecular formula is C8H10Br2NP. The van der Waals surface area contributed by atoms with Crippen LogP contribution in [0.4, 0.5) is 5.69 Å². The highest BCUT2D eigenvalue weighted by Crippen LogP contribution is 2.50. The molecule has 0 saturated carbocycles. The smallest absolute Gasteiger partial charge is 0.0654 e. The first kappa shape index (κ1) is 10.5. The van der Waals surface area contributed by atoms with Crippen molar-refractivity contribution >= 4 is 47.3 Å². The Kier molecular flexibility index (Phi) is 4.01. The molecule has 12 heavy (non-hydrogen) atoms. The third-order valence-corrected chi connectivity index (χ3v) is 4.71. The van der Waals surface area contributed by atoms with Gasteiger partial charge >= 0.3 is 0 Å². The van der Waals surface area contributed by atoms with Gasteiger partial charge in [-0.15, -0.1) is 0 Å². The fraction of sp³-hybridized carbons (Fsp3) is 0.250. The molecule has 0 heterocycles. The number of hydrogen-bond acceptors (Lipinski definition) is 1. The fourth-order valence-corrected chi connectivity index (χ4v) is 2.66. The summed E-state index contributed by atoms with van der Waals surface area (Å²) in [4.78, 5) is 2.09. The lowest BCUT2D eigenvalue weighted by Crippen LogP contribution is -2.09. The quantitative estimate of drug-likeness (QED) is 0.756. The Morgan fingerprint density at radius 1 is 1.08 bits per heavy atom. The largest absolute Gasteiger partial charge is 0.378 e. The summed E-state index contributed by atoms with van der Waals surface area (Å²) in [6.45, 7) is 0. The lowest BCUT2D eigenvalue weighted by atomic mass is 10.3. The molecule has 0 saturated heterocycles. The van der Waals surface area contributed by atoms with Crippen LogP contribution >= 0.6 is 36.3 Å². The zero-order chi connectivity index (χ0) is 9.14. The van der Waals surface area contributed by atoms with Gasteiger partial charge < -0.3 is 4.90 Å². The second-order valence-electron chi connectivity index (χ2n) is 2.64. The van der Waals surface area contributed by atoms with Crippen molar-refractivity contribution in [3.8, 4) is 0 Å². The van der Waals surface area contributed by atoms with Crippen molar-refractivity contribution in [1.29, 1.82) is 0 Å². The Labute approximate surface area is 90.4 Å². The van der Waals surface area contributed by atoms with E-state index in [1.165, 1.54) is 11.0 Å². The van der Waals surface area contributed by atoms with E-state index in [-0.39, 0.29) is 5.33 Å². The molecule has 0 fully saturated rings. The zero-order valence-electron chi connectivity index (χ0n) is 6.96. The van der Waals surface area contributed by atoms with Gasteiger partial charge in [0.2, 0.25) is 0 Å². The Morgan fingerprint density at radius 3 is 1.92 bits per heavy atom. The number of halogens is 2. The van der Waals surface area contributed by atoms with E-state index < -0.39 is 0 Å². The number of nitrogens with zero attached hydrogens (tertiary/aromatic N) is 1. The average molecular weight is 311 g/mol. The lowest BCUT2D eigenvalue weighted by Gasteiger charge is -2.12. The maximum atomic E-state index is 3.51. The molecule has 1 rings (SSSR count). The predicted molar refractivity (Wildman–Crippen MR) is 65.2 cm³/mol. The summed E-state index contributed by atoms with van der Waals surface area (Å²) < 4.78 is 0. The third-order valence-electron chi connectivity index (χ3n) is 1.56. The summed E-state index contributed by atoms with van der Waals surface area (Å²) in [5.74, 6) is 0. The van der Waals surface area contributed by atoms with E-state index in [1.807, 2.05) is 14.1 Å². The molecule has 1 aromatic carbocycles. The van der Waals surface area contributed by atoms with Crippen LogP contribution in [0.25, 0.3) is 0 Å². The molecule has 0 unspecified atom stereocenters. The van der Waals surface area contributed by atoms with Crippen LogP contribution in [0.5, 0.6) is 0 Å². The maximum Gasteiger partial charge on any atom is 0.0654 e. The van der Waals surface area contributed by atoms with Crippen molar-refractivity contribution in [1.82, 2.24) is 0 Å². The summed E-state index contributed by atoms with van der Waals surface area (Å²) >= 11 is 7.02. The van der Waals surface area contributed by atoms with Crippen LogP contribution in [-0.2, 0) is 0 Å². The molecule has 1 nitrogen and oxygen atoms in total. The lowest BCUT2D eigenvalue weighted by molar-refractivity contribution is 1.13. The SMILES string of the molecule is CN(C)c1ccc(P(Br)Br)cc1. The molecule has 0 N–H and O–H groups in total. The molecule has 0 aromatic heterocycles. The van der Waals surface area contributed by atoms with Crippen LogP contribution < -0.4 is 10.2 Å². The van der Waals surface area contributed by atoms with Gasteiger partial charge in [-0.3, -0.25) is 0 Å². The van der Waals surface area contributed by atoms with E-state index in [2.05, 4.69) is 60.1 Å². The van der Waals surface area contributed by atoms with Crippen LogP contribution in [0.3, 0.4) is 0 Å². The summed E-state index contributed by atoms with van der Waals surface area (Å²) in [6, 6.07) is 8.50. The van der Waals surface area contributed by atoms with Crippen LogP contribution in [-0.4, -0.2) is 14.1 Å². The Bertz CT molecular complexity index is 219. The Morgan fingerprint density at radius 2 is 1.58 bits per heavy atom. The van der Waals surface area contributed by atoms with Crippen molar-refractivity contribution in [3.05, 3.63) is 24.3 Å². The summed E-state index contributed by atoms with van der Waals surface area (Å²) in [5.41, 5.74) is 1.23. The van der Waals surface area contributed by atoms with E-state index in [0.29, 0.717) is 0 Å². The second-order valence-corrected chi connectivity index (χ2v) is 10.7. The standard InChI is InChI=1S/C8H10Br2NP/c1-11(2)7-3-5-8(6-4-7)12(9)10/h3-6H,1-2H3. The highest BCUT2D eigenvalue weighted by Gasteiger charge is 2.01. The minimum absolute atomic E-state index is 0.321. The summed E-state index contributed by atoms with van der Waals surface area (Å²) in [5, 5.41) is 0.981. The van der Waals surface area contributed by atoms with Crippen molar-refractivity contribution in [3.63, 3.8) is 0 Å². The molecule has 0 bridgehead atoms. The van der Waals surface area contributed by atoms with Gasteiger partial charge in [0, 0.05) is 19.8 Å². The first-order chi connectivity index (χ1) is 5.61. The van der Waals surface area contributed by atoms with Crippen LogP contribution in [0.15, 0.2) is 24.3 Å². The van der Waals surface area contributed by atoms with Crippen LogP contribution in [0.1, 0.15) is 0 Å². The van der Waals surface area contributed by atoms with Gasteiger partial charge in [0.1, 0.15) is 0 Å². The molecular weight excluding hydrogens is 301 g/mol. The fourth-order valence-electron chi connectivity index (χ4n) is 0.863. The van der Waals surface area contributed by atoms with Gasteiger partial charge in [0.15, 0.2) is 0 Å². The molecule has 0 atom stereocenters. The van der Waals surface area contributed by atoms with E-state index in [4.69, 9.17) is 0 Å². The second kappa shape index (κ2) is 4.59. The molecule has 0 aliphatic heterocycles. The van der Waals surface area contributed by atoms with E-state index in [1.54, 1.807) is 0 Å². The van der Waals surface area contributed by atoms with Gasteiger partial charge in [-0.2, -0.15) is 0 Å². The Hall–Kier alpha value is 0.410. The van der Waals surface area contributed by atoms with E-state index in [0.717, 1.165) is 0 Å². The predicted octanol–water partition coefficient (Wildman–Crippen LogP) is 3.48. The molecule has 0 amide bonds. The first-order valence-electron chi connectivity index (χ1n) is 3.50. The Balaban J connectivity index is 2.86. The van der Waals surface area contributed by atoms with Crippen molar-refractivity contribution in [2.24, 2.45) is 0 Å². The minimum Gasteiger partial charge on any atom is -0.378 e. The van der Waals surface area contributed by atoms with Crippen LogP contribution in [0.2, 0.25) is 0 Å². The number of benzene rings is 1. The van der Waals surface area contributed by atoms with Gasteiger partial charge in [-0.1, -0.05) is 12.1 Å². The first-order valence-corrected chi connectivity index (χ1v) is 8.88. The zero-order valence-corrected chi connectivity index (χ0v) is 11.0. The molecule has 0 radical (unpaired) electrons. The minimum atomic E-state index is -0.321. The average Bonchev–Trinajstić information content (AvgIpc) is 2.04. The van der Waals surface area contributed by atoms with Crippen molar-refractivity contribution < 1.29 is 0 Å². The van der Waals surface area contributed by atoms with Gasteiger partial charge in [0.05, 0.1) is 5.33 Å². The highest BCUT2D eigenvalue weighted by atomic mass is 79.9. The number of hydrogen-bond donors (Lipinski definition) is 0. The highest BCUT2D eigenvalue weighted by molar-refractivity contribution is 9.70. The van der Waals surface area contributed by atoms with Gasteiger partial charge in [-0.25, -0.2) is 0 Å². The van der Waals surface area contributed by atoms with E-state index in [9.17, 15) is 0 Å². The van der Waals surface area contributed by atoms with Crippen molar-refractivity contribution in [2.45, 2.75) is 0 Å². The van der Waals surface area contributed by atoms with Crippen molar-refractivity contribution in [2.75, 3.05) is 19.0 Å². The monoisotopic (exact) mass is 309 g/mol. The van der Waals surface area contributed by atoms with Gasteiger partial charge in [0.25, 0.3) is 0 Å². The molecule has 0 aliphatic rings. The van der Waals surface area contributed by atoms with Gasteiger partial charge in [-0.05, 0) is 48.4 Å². The molecule has 0 spiro atoms. The normalized spacial score (nSPS) is 10.4. The summed E-state index contributed by atoms with van der Waals surface area (Å²) in [7, 11) is 4.08. The molecule has 66 valence electrons. The van der Waals surface area contributed by atoms with E-state index >= 15 is 0 Å². The van der Waals surface area contributed by atoms with Crippen LogP contribution in [0, 0.1) is 0 Å². The summed E-state index contributed by atoms with van der Waals surface area (Å²) in [6.07, 6.45) is 0. The third kappa shape index (κ3) is 2.72. The molecule has 1 aromatic rings. The molecule has 0 aliphatic carbocycles. The topological polar surface area (TPSA) is 3.24 Å². The maximum absolute atomic E-state index is 3.51. The number of rotatable bonds is 2. The number of anilines is 1. The molecule has 4 heteroatoms.